The van der Waals surface area contributed by atoms with Crippen LogP contribution in [-0.2, 0) is 16.0 Å². The van der Waals surface area contributed by atoms with Crippen LogP contribution < -0.4 is 10.1 Å². The molecule has 0 radical (unpaired) electrons. The highest BCUT2D eigenvalue weighted by Crippen LogP contribution is 2.44. The number of aromatic nitrogens is 2. The van der Waals surface area contributed by atoms with Crippen molar-refractivity contribution in [2.45, 2.75) is 38.7 Å². The van der Waals surface area contributed by atoms with Crippen LogP contribution in [0.4, 0.5) is 4.39 Å². The Labute approximate surface area is 222 Å². The smallest absolute Gasteiger partial charge is 0.257 e. The molecule has 0 aliphatic carbocycles. The first-order valence-corrected chi connectivity index (χ1v) is 13.3. The van der Waals surface area contributed by atoms with E-state index in [-0.39, 0.29) is 36.3 Å². The maximum atomic E-state index is 13.8. The minimum atomic E-state index is -0.214. The van der Waals surface area contributed by atoms with Gasteiger partial charge in [-0.05, 0) is 65.8 Å². The zero-order valence-corrected chi connectivity index (χ0v) is 21.8. The van der Waals surface area contributed by atoms with E-state index in [2.05, 4.69) is 29.1 Å². The van der Waals surface area contributed by atoms with E-state index in [9.17, 15) is 9.18 Å². The zero-order chi connectivity index (χ0) is 26.5. The lowest BCUT2D eigenvalue weighted by Crippen LogP contribution is -2.31. The van der Waals surface area contributed by atoms with Gasteiger partial charge in [-0.1, -0.05) is 50.2 Å². The lowest BCUT2D eigenvalue weighted by Gasteiger charge is -2.39. The van der Waals surface area contributed by atoms with Crippen LogP contribution in [-0.4, -0.2) is 35.6 Å². The molecule has 1 fully saturated rings. The molecule has 6 nitrogen and oxygen atoms in total. The van der Waals surface area contributed by atoms with Crippen LogP contribution in [0, 0.1) is 17.7 Å². The van der Waals surface area contributed by atoms with Gasteiger partial charge in [-0.15, -0.1) is 0 Å². The van der Waals surface area contributed by atoms with Gasteiger partial charge in [0.15, 0.2) is 6.61 Å². The number of hydrogen-bond acceptors (Lipinski definition) is 4. The summed E-state index contributed by atoms with van der Waals surface area (Å²) >= 11 is 0. The van der Waals surface area contributed by atoms with Gasteiger partial charge in [0, 0.05) is 18.9 Å². The average Bonchev–Trinajstić information content (AvgIpc) is 3.34. The van der Waals surface area contributed by atoms with Crippen molar-refractivity contribution in [3.8, 4) is 5.75 Å². The molecule has 198 valence electrons. The van der Waals surface area contributed by atoms with Gasteiger partial charge in [0.2, 0.25) is 0 Å². The second kappa shape index (κ2) is 11.8. The molecule has 5 rings (SSSR count). The number of nitrogens with zero attached hydrogens (tertiary/aromatic N) is 1. The molecule has 1 amide bonds. The Morgan fingerprint density at radius 1 is 1.11 bits per heavy atom. The predicted octanol–water partition coefficient (Wildman–Crippen LogP) is 5.96. The van der Waals surface area contributed by atoms with Gasteiger partial charge in [0.1, 0.15) is 17.4 Å². The fraction of sp³-hybridized carbons (Fsp3) is 0.355. The van der Waals surface area contributed by atoms with E-state index in [1.54, 1.807) is 12.1 Å². The number of imidazole rings is 1. The van der Waals surface area contributed by atoms with Gasteiger partial charge in [-0.2, -0.15) is 0 Å². The van der Waals surface area contributed by atoms with Gasteiger partial charge in [0.05, 0.1) is 23.7 Å². The van der Waals surface area contributed by atoms with E-state index >= 15 is 0 Å². The van der Waals surface area contributed by atoms with E-state index in [1.807, 2.05) is 54.6 Å². The van der Waals surface area contributed by atoms with Gasteiger partial charge in [0.25, 0.3) is 5.91 Å². The fourth-order valence-electron chi connectivity index (χ4n) is 5.25. The van der Waals surface area contributed by atoms with Crippen molar-refractivity contribution in [2.75, 3.05) is 19.8 Å². The Bertz CT molecular complexity index is 1350. The third kappa shape index (κ3) is 6.22. The summed E-state index contributed by atoms with van der Waals surface area (Å²) in [6.07, 6.45) is 1.45. The largest absolute Gasteiger partial charge is 0.484 e. The summed E-state index contributed by atoms with van der Waals surface area (Å²) in [6.45, 7) is 5.34. The van der Waals surface area contributed by atoms with Crippen molar-refractivity contribution in [1.82, 2.24) is 15.3 Å². The molecule has 2 heterocycles. The molecule has 3 aromatic carbocycles. The number of para-hydroxylation sites is 2. The van der Waals surface area contributed by atoms with Crippen molar-refractivity contribution in [3.05, 3.63) is 95.6 Å². The first kappa shape index (κ1) is 25.9. The van der Waals surface area contributed by atoms with Gasteiger partial charge in [-0.25, -0.2) is 9.37 Å². The van der Waals surface area contributed by atoms with E-state index in [0.717, 1.165) is 34.4 Å². The molecule has 1 aromatic heterocycles. The Kier molecular flexibility index (Phi) is 8.03. The summed E-state index contributed by atoms with van der Waals surface area (Å²) in [6, 6.07) is 22.5. The second-order valence-corrected chi connectivity index (χ2v) is 10.3. The summed E-state index contributed by atoms with van der Waals surface area (Å²) in [4.78, 5) is 20.2. The number of ether oxygens (including phenoxy) is 2. The number of carbonyl (C=O) groups is 1. The molecule has 4 aromatic rings. The number of aromatic amines is 1. The van der Waals surface area contributed by atoms with E-state index in [1.165, 1.54) is 6.07 Å². The molecule has 0 unspecified atom stereocenters. The maximum Gasteiger partial charge on any atom is 0.257 e. The molecule has 0 bridgehead atoms. The first-order chi connectivity index (χ1) is 18.5. The van der Waals surface area contributed by atoms with E-state index in [0.29, 0.717) is 31.2 Å². The van der Waals surface area contributed by atoms with Crippen molar-refractivity contribution >= 4 is 16.9 Å². The predicted molar refractivity (Wildman–Crippen MR) is 146 cm³/mol. The normalized spacial score (nSPS) is 19.5. The number of carbonyl (C=O) groups excluding carboxylic acids is 1. The number of fused-ring (bicyclic) bond motifs is 1. The highest BCUT2D eigenvalue weighted by molar-refractivity contribution is 5.77. The summed E-state index contributed by atoms with van der Waals surface area (Å²) < 4.78 is 26.0. The van der Waals surface area contributed by atoms with E-state index in [4.69, 9.17) is 9.47 Å². The summed E-state index contributed by atoms with van der Waals surface area (Å²) in [5.41, 5.74) is 3.92. The highest BCUT2D eigenvalue weighted by atomic mass is 19.1. The van der Waals surface area contributed by atoms with Crippen molar-refractivity contribution in [1.29, 1.82) is 0 Å². The Hall–Kier alpha value is -3.71. The van der Waals surface area contributed by atoms with Crippen LogP contribution in [0.3, 0.4) is 0 Å². The average molecular weight is 516 g/mol. The van der Waals surface area contributed by atoms with Crippen molar-refractivity contribution in [2.24, 2.45) is 11.8 Å². The van der Waals surface area contributed by atoms with Crippen LogP contribution in [0.5, 0.6) is 5.75 Å². The van der Waals surface area contributed by atoms with Crippen molar-refractivity contribution < 1.29 is 18.7 Å². The first-order valence-electron chi connectivity index (χ1n) is 13.3. The third-order valence-electron chi connectivity index (χ3n) is 7.28. The number of amides is 1. The van der Waals surface area contributed by atoms with E-state index < -0.39 is 0 Å². The number of nitrogens with one attached hydrogen (secondary N) is 2. The topological polar surface area (TPSA) is 76.2 Å². The van der Waals surface area contributed by atoms with Gasteiger partial charge < -0.3 is 19.8 Å². The quantitative estimate of drug-likeness (QED) is 0.289. The Balaban J connectivity index is 1.15. The van der Waals surface area contributed by atoms with Gasteiger partial charge >= 0.3 is 0 Å². The van der Waals surface area contributed by atoms with Crippen LogP contribution in [0.25, 0.3) is 11.0 Å². The zero-order valence-electron chi connectivity index (χ0n) is 21.8. The molecular weight excluding hydrogens is 481 g/mol. The number of rotatable bonds is 9. The molecule has 7 heteroatoms. The summed E-state index contributed by atoms with van der Waals surface area (Å²) in [5.74, 6) is 1.90. The van der Waals surface area contributed by atoms with Crippen molar-refractivity contribution in [3.63, 3.8) is 0 Å². The Morgan fingerprint density at radius 3 is 2.74 bits per heavy atom. The molecule has 38 heavy (non-hydrogen) atoms. The fourth-order valence-corrected chi connectivity index (χ4v) is 5.25. The third-order valence-corrected chi connectivity index (χ3v) is 7.28. The number of H-pyrrole nitrogens is 1. The molecule has 0 saturated carbocycles. The monoisotopic (exact) mass is 515 g/mol. The molecular formula is C31H34FN3O3. The minimum Gasteiger partial charge on any atom is -0.484 e. The van der Waals surface area contributed by atoms with Crippen LogP contribution in [0.15, 0.2) is 72.8 Å². The Morgan fingerprint density at radius 2 is 1.92 bits per heavy atom. The van der Waals surface area contributed by atoms with Crippen LogP contribution >= 0.6 is 0 Å². The number of halogens is 1. The van der Waals surface area contributed by atoms with Crippen LogP contribution in [0.1, 0.15) is 49.2 Å². The lowest BCUT2D eigenvalue weighted by atomic mass is 9.76. The number of hydrogen-bond donors (Lipinski definition) is 2. The molecule has 3 atom stereocenters. The SMILES string of the molecule is CC(C)[C@@H]1C[C@H](c2cccc(F)c2)CO[C@H]1c1cccc(OCC(=O)NCCc2nc3ccccc3[nH]2)c1. The number of benzene rings is 3. The summed E-state index contributed by atoms with van der Waals surface area (Å²) in [5, 5.41) is 2.89. The molecule has 1 aliphatic rings. The second-order valence-electron chi connectivity index (χ2n) is 10.3. The summed E-state index contributed by atoms with van der Waals surface area (Å²) in [7, 11) is 0. The lowest BCUT2D eigenvalue weighted by molar-refractivity contribution is -0.123. The molecule has 1 saturated heterocycles. The molecule has 0 spiro atoms. The minimum absolute atomic E-state index is 0.0651. The molecule has 1 aliphatic heterocycles. The maximum absolute atomic E-state index is 13.8. The molecule has 2 N–H and O–H groups in total. The standard InChI is InChI=1S/C31H34FN3O3/c1-20(2)26-17-23(21-7-5-9-24(32)15-21)18-38-31(26)22-8-6-10-25(16-22)37-19-30(36)33-14-13-29-34-27-11-3-4-12-28(27)35-29/h3-12,15-16,20,23,26,31H,13-14,17-19H2,1-2H3,(H,33,36)(H,34,35)/t23-,26-,31-/m0/s1. The van der Waals surface area contributed by atoms with Gasteiger partial charge in [-0.3, -0.25) is 4.79 Å². The van der Waals surface area contributed by atoms with Crippen LogP contribution in [0.2, 0.25) is 0 Å². The highest BCUT2D eigenvalue weighted by Gasteiger charge is 2.35.